The number of rotatable bonds is 1. The zero-order valence-electron chi connectivity index (χ0n) is 4.76. The normalized spacial score (nSPS) is 28.5. The average Bonchev–Trinajstić information content (AvgIpc) is 2.14. The lowest BCUT2D eigenvalue weighted by Gasteiger charge is -1.89. The van der Waals surface area contributed by atoms with E-state index in [9.17, 15) is 4.91 Å². The summed E-state index contributed by atoms with van der Waals surface area (Å²) in [6.07, 6.45) is 2.74. The molecule has 0 aromatic rings. The molecule has 0 radical (unpaired) electrons. The summed E-state index contributed by atoms with van der Waals surface area (Å²) in [5.41, 5.74) is 1.18. The van der Waals surface area contributed by atoms with Crippen LogP contribution >= 0.6 is 0 Å². The Bertz CT molecular complexity index is 120. The zero-order valence-corrected chi connectivity index (χ0v) is 4.76. The summed E-state index contributed by atoms with van der Waals surface area (Å²) in [6.45, 7) is 3.75. The molecule has 0 N–H and O–H groups in total. The standard InChI is InChI=1S/C6H9NO/c1-5-2-3-6(4-5)7-8/h6H,1-4H2/t6-/m0/s1. The molecule has 0 aromatic carbocycles. The highest BCUT2D eigenvalue weighted by atomic mass is 16.3. The molecule has 1 saturated carbocycles. The molecule has 0 heterocycles. The fraction of sp³-hybridized carbons (Fsp3) is 0.667. The quantitative estimate of drug-likeness (QED) is 0.375. The van der Waals surface area contributed by atoms with Crippen molar-refractivity contribution < 1.29 is 0 Å². The van der Waals surface area contributed by atoms with Gasteiger partial charge in [0.05, 0.1) is 6.04 Å². The lowest BCUT2D eigenvalue weighted by atomic mass is 10.2. The van der Waals surface area contributed by atoms with Crippen LogP contribution in [0, 0.1) is 4.91 Å². The molecule has 0 bridgehead atoms. The van der Waals surface area contributed by atoms with Gasteiger partial charge in [-0.25, -0.2) is 0 Å². The van der Waals surface area contributed by atoms with E-state index in [2.05, 4.69) is 11.8 Å². The number of nitrogens with zero attached hydrogens (tertiary/aromatic N) is 1. The van der Waals surface area contributed by atoms with Crippen LogP contribution in [0.4, 0.5) is 0 Å². The zero-order chi connectivity index (χ0) is 5.98. The highest BCUT2D eigenvalue weighted by Gasteiger charge is 2.17. The van der Waals surface area contributed by atoms with Crippen molar-refractivity contribution >= 4 is 0 Å². The molecular formula is C6H9NO. The van der Waals surface area contributed by atoms with Crippen LogP contribution in [0.3, 0.4) is 0 Å². The maximum atomic E-state index is 9.86. The van der Waals surface area contributed by atoms with Crippen molar-refractivity contribution in [2.24, 2.45) is 5.18 Å². The smallest absolute Gasteiger partial charge is 0.0959 e. The predicted octanol–water partition coefficient (Wildman–Crippen LogP) is 1.86. The van der Waals surface area contributed by atoms with Gasteiger partial charge in [-0.2, -0.15) is 4.91 Å². The second-order valence-electron chi connectivity index (χ2n) is 2.25. The van der Waals surface area contributed by atoms with Gasteiger partial charge in [-0.05, 0) is 19.3 Å². The fourth-order valence-corrected chi connectivity index (χ4v) is 0.998. The number of hydrogen-bond acceptors (Lipinski definition) is 2. The monoisotopic (exact) mass is 111 g/mol. The van der Waals surface area contributed by atoms with Gasteiger partial charge in [0.2, 0.25) is 0 Å². The maximum absolute atomic E-state index is 9.86. The Morgan fingerprint density at radius 1 is 1.75 bits per heavy atom. The van der Waals surface area contributed by atoms with Crippen molar-refractivity contribution in [1.82, 2.24) is 0 Å². The fourth-order valence-electron chi connectivity index (χ4n) is 0.998. The van der Waals surface area contributed by atoms with Gasteiger partial charge >= 0.3 is 0 Å². The molecule has 0 aromatic heterocycles. The van der Waals surface area contributed by atoms with E-state index in [1.54, 1.807) is 0 Å². The summed E-state index contributed by atoms with van der Waals surface area (Å²) >= 11 is 0. The lowest BCUT2D eigenvalue weighted by molar-refractivity contribution is 0.708. The van der Waals surface area contributed by atoms with Gasteiger partial charge in [0, 0.05) is 0 Å². The second kappa shape index (κ2) is 2.07. The molecule has 2 heteroatoms. The third-order valence-corrected chi connectivity index (χ3v) is 1.50. The van der Waals surface area contributed by atoms with Crippen LogP contribution in [0.25, 0.3) is 0 Å². The molecule has 0 spiro atoms. The first kappa shape index (κ1) is 5.48. The van der Waals surface area contributed by atoms with Crippen LogP contribution in [0.5, 0.6) is 0 Å². The minimum Gasteiger partial charge on any atom is -0.151 e. The van der Waals surface area contributed by atoms with Crippen molar-refractivity contribution in [2.75, 3.05) is 0 Å². The molecule has 0 saturated heterocycles. The minimum atomic E-state index is 0.0440. The van der Waals surface area contributed by atoms with Crippen molar-refractivity contribution in [1.29, 1.82) is 0 Å². The molecule has 1 fully saturated rings. The van der Waals surface area contributed by atoms with E-state index in [-0.39, 0.29) is 6.04 Å². The summed E-state index contributed by atoms with van der Waals surface area (Å²) in [4.78, 5) is 9.86. The van der Waals surface area contributed by atoms with Crippen LogP contribution < -0.4 is 0 Å². The molecule has 8 heavy (non-hydrogen) atoms. The Kier molecular flexibility index (Phi) is 1.42. The van der Waals surface area contributed by atoms with Crippen molar-refractivity contribution in [2.45, 2.75) is 25.3 Å². The second-order valence-corrected chi connectivity index (χ2v) is 2.25. The highest BCUT2D eigenvalue weighted by Crippen LogP contribution is 2.24. The third-order valence-electron chi connectivity index (χ3n) is 1.50. The predicted molar refractivity (Wildman–Crippen MR) is 32.6 cm³/mol. The van der Waals surface area contributed by atoms with Crippen LogP contribution in [0.1, 0.15) is 19.3 Å². The Balaban J connectivity index is 2.43. The minimum absolute atomic E-state index is 0.0440. The molecule has 0 amide bonds. The molecule has 0 unspecified atom stereocenters. The van der Waals surface area contributed by atoms with E-state index in [1.807, 2.05) is 0 Å². The Labute approximate surface area is 48.6 Å². The average molecular weight is 111 g/mol. The van der Waals surface area contributed by atoms with E-state index < -0.39 is 0 Å². The van der Waals surface area contributed by atoms with Gasteiger partial charge < -0.3 is 0 Å². The summed E-state index contributed by atoms with van der Waals surface area (Å²) in [5, 5.41) is 2.93. The summed E-state index contributed by atoms with van der Waals surface area (Å²) < 4.78 is 0. The maximum Gasteiger partial charge on any atom is 0.0959 e. The van der Waals surface area contributed by atoms with Crippen LogP contribution in [-0.2, 0) is 0 Å². The van der Waals surface area contributed by atoms with Crippen LogP contribution in [0.2, 0.25) is 0 Å². The van der Waals surface area contributed by atoms with Gasteiger partial charge in [0.1, 0.15) is 0 Å². The van der Waals surface area contributed by atoms with E-state index in [0.717, 1.165) is 19.3 Å². The van der Waals surface area contributed by atoms with Crippen molar-refractivity contribution in [3.8, 4) is 0 Å². The van der Waals surface area contributed by atoms with E-state index in [4.69, 9.17) is 0 Å². The SMILES string of the molecule is C=C1CC[C@H](N=O)C1. The first-order chi connectivity index (χ1) is 3.83. The first-order valence-electron chi connectivity index (χ1n) is 2.82. The van der Waals surface area contributed by atoms with Crippen LogP contribution in [0.15, 0.2) is 17.3 Å². The van der Waals surface area contributed by atoms with Gasteiger partial charge in [-0.1, -0.05) is 17.3 Å². The van der Waals surface area contributed by atoms with Gasteiger partial charge in [-0.3, -0.25) is 0 Å². The summed E-state index contributed by atoms with van der Waals surface area (Å²) in [7, 11) is 0. The molecule has 1 rings (SSSR count). The van der Waals surface area contributed by atoms with Crippen molar-refractivity contribution in [3.63, 3.8) is 0 Å². The highest BCUT2D eigenvalue weighted by molar-refractivity contribution is 5.04. The first-order valence-corrected chi connectivity index (χ1v) is 2.82. The van der Waals surface area contributed by atoms with Gasteiger partial charge in [0.25, 0.3) is 0 Å². The largest absolute Gasteiger partial charge is 0.151 e. The third kappa shape index (κ3) is 0.941. The Hall–Kier alpha value is -0.660. The molecule has 1 aliphatic rings. The molecule has 1 atom stereocenters. The topological polar surface area (TPSA) is 29.4 Å². The molecular weight excluding hydrogens is 102 g/mol. The Morgan fingerprint density at radius 2 is 2.50 bits per heavy atom. The molecule has 0 aliphatic heterocycles. The molecule has 1 aliphatic carbocycles. The van der Waals surface area contributed by atoms with Crippen molar-refractivity contribution in [3.05, 3.63) is 17.1 Å². The van der Waals surface area contributed by atoms with Gasteiger partial charge in [-0.15, -0.1) is 0 Å². The Morgan fingerprint density at radius 3 is 2.75 bits per heavy atom. The molecule has 2 nitrogen and oxygen atoms in total. The number of nitroso groups, excluding NO2 is 1. The molecule has 44 valence electrons. The summed E-state index contributed by atoms with van der Waals surface area (Å²) in [6, 6.07) is 0.0440. The lowest BCUT2D eigenvalue weighted by Crippen LogP contribution is -1.91. The van der Waals surface area contributed by atoms with E-state index in [0.29, 0.717) is 0 Å². The number of hydrogen-bond donors (Lipinski definition) is 0. The van der Waals surface area contributed by atoms with E-state index >= 15 is 0 Å². The van der Waals surface area contributed by atoms with E-state index in [1.165, 1.54) is 5.57 Å². The van der Waals surface area contributed by atoms with Gasteiger partial charge in [0.15, 0.2) is 0 Å². The summed E-state index contributed by atoms with van der Waals surface area (Å²) in [5.74, 6) is 0. The van der Waals surface area contributed by atoms with Crippen LogP contribution in [-0.4, -0.2) is 6.04 Å².